The monoisotopic (exact) mass is 422 g/mol. The number of benzene rings is 1. The lowest BCUT2D eigenvalue weighted by molar-refractivity contribution is -0.130. The summed E-state index contributed by atoms with van der Waals surface area (Å²) in [6, 6.07) is 5.11. The highest BCUT2D eigenvalue weighted by atomic mass is 35.5. The summed E-state index contributed by atoms with van der Waals surface area (Å²) in [5.74, 6) is -0.0115. The van der Waals surface area contributed by atoms with E-state index in [1.165, 1.54) is 0 Å². The molecule has 28 heavy (non-hydrogen) atoms. The molecule has 0 bridgehead atoms. The molecular weight excluding hydrogens is 395 g/mol. The lowest BCUT2D eigenvalue weighted by Gasteiger charge is -2.33. The summed E-state index contributed by atoms with van der Waals surface area (Å²) in [6.45, 7) is 7.86. The largest absolute Gasteiger partial charge is 0.392 e. The summed E-state index contributed by atoms with van der Waals surface area (Å²) in [4.78, 5) is 17.0. The van der Waals surface area contributed by atoms with Crippen LogP contribution in [0, 0.1) is 0 Å². The van der Waals surface area contributed by atoms with Crippen LogP contribution in [-0.4, -0.2) is 59.6 Å². The number of rotatable bonds is 8. The van der Waals surface area contributed by atoms with E-state index in [1.807, 2.05) is 38.3 Å². The van der Waals surface area contributed by atoms with E-state index in [2.05, 4.69) is 11.5 Å². The number of hydrogen-bond acceptors (Lipinski definition) is 3. The third-order valence-corrected chi connectivity index (χ3v) is 5.67. The number of aliphatic hydroxyl groups excluding tert-OH is 1. The van der Waals surface area contributed by atoms with Gasteiger partial charge in [-0.1, -0.05) is 60.2 Å². The van der Waals surface area contributed by atoms with Crippen molar-refractivity contribution in [3.63, 3.8) is 0 Å². The van der Waals surface area contributed by atoms with Crippen molar-refractivity contribution >= 4 is 29.1 Å². The second kappa shape index (κ2) is 10.8. The first-order valence-electron chi connectivity index (χ1n) is 9.41. The summed E-state index contributed by atoms with van der Waals surface area (Å²) in [5, 5.41) is 10.8. The highest BCUT2D eigenvalue weighted by Gasteiger charge is 2.28. The van der Waals surface area contributed by atoms with Gasteiger partial charge in [0.2, 0.25) is 5.91 Å². The van der Waals surface area contributed by atoms with Crippen molar-refractivity contribution in [3.05, 3.63) is 70.3 Å². The summed E-state index contributed by atoms with van der Waals surface area (Å²) in [7, 11) is 1.82. The highest BCUT2D eigenvalue weighted by molar-refractivity contribution is 6.42. The Morgan fingerprint density at radius 3 is 2.75 bits per heavy atom. The number of nitrogens with zero attached hydrogens (tertiary/aromatic N) is 2. The molecule has 0 spiro atoms. The zero-order valence-corrected chi connectivity index (χ0v) is 18.0. The van der Waals surface area contributed by atoms with Gasteiger partial charge in [0.25, 0.3) is 0 Å². The molecule has 6 heteroatoms. The lowest BCUT2D eigenvalue weighted by Crippen LogP contribution is -2.46. The standard InChI is InChI=1S/C22H28Cl2N2O2/c1-4-6-17(7-5-2)21(15-26-11-10-18(27)14-26)25(3)22(28)13-16-8-9-19(23)20(24)12-16/h4-9,12,18,21,27H,1,10-11,13-15H2,2-3H3/b7-5-,17-6+/t18-,21?/m0/s1. The molecule has 1 aliphatic heterocycles. The Bertz CT molecular complexity index is 761. The summed E-state index contributed by atoms with van der Waals surface area (Å²) in [6.07, 6.45) is 8.33. The van der Waals surface area contributed by atoms with Crippen LogP contribution in [0.3, 0.4) is 0 Å². The first-order chi connectivity index (χ1) is 13.3. The van der Waals surface area contributed by atoms with E-state index in [0.717, 1.165) is 24.1 Å². The van der Waals surface area contributed by atoms with Gasteiger partial charge in [-0.2, -0.15) is 0 Å². The summed E-state index contributed by atoms with van der Waals surface area (Å²) < 4.78 is 0. The van der Waals surface area contributed by atoms with Gasteiger partial charge in [0.15, 0.2) is 0 Å². The van der Waals surface area contributed by atoms with Gasteiger partial charge in [0.05, 0.1) is 28.6 Å². The maximum absolute atomic E-state index is 13.0. The zero-order valence-electron chi connectivity index (χ0n) is 16.4. The predicted octanol–water partition coefficient (Wildman–Crippen LogP) is 4.12. The Morgan fingerprint density at radius 2 is 2.18 bits per heavy atom. The van der Waals surface area contributed by atoms with Crippen LogP contribution in [0.25, 0.3) is 0 Å². The molecule has 0 aromatic heterocycles. The van der Waals surface area contributed by atoms with Crippen LogP contribution in [0.2, 0.25) is 10.0 Å². The van der Waals surface area contributed by atoms with E-state index in [1.54, 1.807) is 23.1 Å². The minimum Gasteiger partial charge on any atom is -0.392 e. The minimum atomic E-state index is -0.300. The van der Waals surface area contributed by atoms with Gasteiger partial charge in [-0.25, -0.2) is 0 Å². The number of carbonyl (C=O) groups excluding carboxylic acids is 1. The molecule has 1 fully saturated rings. The fourth-order valence-electron chi connectivity index (χ4n) is 3.40. The van der Waals surface area contributed by atoms with Crippen molar-refractivity contribution < 1.29 is 9.90 Å². The van der Waals surface area contributed by atoms with E-state index < -0.39 is 0 Å². The smallest absolute Gasteiger partial charge is 0.227 e. The molecule has 4 nitrogen and oxygen atoms in total. The van der Waals surface area contributed by atoms with Crippen LogP contribution in [0.5, 0.6) is 0 Å². The molecule has 1 unspecified atom stereocenters. The van der Waals surface area contributed by atoms with E-state index in [4.69, 9.17) is 23.2 Å². The zero-order chi connectivity index (χ0) is 20.7. The van der Waals surface area contributed by atoms with Crippen molar-refractivity contribution in [2.24, 2.45) is 0 Å². The third kappa shape index (κ3) is 6.21. The molecule has 2 atom stereocenters. The molecule has 0 aliphatic carbocycles. The molecule has 1 N–H and O–H groups in total. The van der Waals surface area contributed by atoms with Gasteiger partial charge in [-0.3, -0.25) is 9.69 Å². The van der Waals surface area contributed by atoms with Gasteiger partial charge >= 0.3 is 0 Å². The first-order valence-corrected chi connectivity index (χ1v) is 10.2. The molecule has 0 radical (unpaired) electrons. The molecule has 0 saturated carbocycles. The lowest BCUT2D eigenvalue weighted by atomic mass is 10.0. The van der Waals surface area contributed by atoms with Crippen LogP contribution in [0.1, 0.15) is 18.9 Å². The van der Waals surface area contributed by atoms with Crippen molar-refractivity contribution in [1.29, 1.82) is 0 Å². The maximum atomic E-state index is 13.0. The van der Waals surface area contributed by atoms with Crippen LogP contribution in [-0.2, 0) is 11.2 Å². The van der Waals surface area contributed by atoms with Crippen molar-refractivity contribution in [3.8, 4) is 0 Å². The highest BCUT2D eigenvalue weighted by Crippen LogP contribution is 2.24. The normalized spacial score (nSPS) is 19.2. The second-order valence-corrected chi connectivity index (χ2v) is 7.86. The molecule has 1 amide bonds. The van der Waals surface area contributed by atoms with Gasteiger partial charge in [-0.05, 0) is 36.6 Å². The molecule has 2 rings (SSSR count). The van der Waals surface area contributed by atoms with E-state index >= 15 is 0 Å². The van der Waals surface area contributed by atoms with Crippen molar-refractivity contribution in [2.45, 2.75) is 31.9 Å². The average Bonchev–Trinajstić information content (AvgIpc) is 3.07. The fourth-order valence-corrected chi connectivity index (χ4v) is 3.72. The number of amides is 1. The van der Waals surface area contributed by atoms with Crippen molar-refractivity contribution in [1.82, 2.24) is 9.80 Å². The maximum Gasteiger partial charge on any atom is 0.227 e. The molecule has 1 aromatic carbocycles. The van der Waals surface area contributed by atoms with Gasteiger partial charge in [0.1, 0.15) is 0 Å². The number of allylic oxidation sites excluding steroid dienone is 3. The number of likely N-dealkylation sites (N-methyl/N-ethyl adjacent to an activating group) is 1. The van der Waals surface area contributed by atoms with Gasteiger partial charge in [-0.15, -0.1) is 0 Å². The number of hydrogen-bond donors (Lipinski definition) is 1. The third-order valence-electron chi connectivity index (χ3n) is 4.93. The molecule has 1 aliphatic rings. The van der Waals surface area contributed by atoms with E-state index in [9.17, 15) is 9.90 Å². The Labute approximate surface area is 177 Å². The molecule has 1 saturated heterocycles. The fraction of sp³-hybridized carbons (Fsp3) is 0.409. The number of carbonyl (C=O) groups is 1. The van der Waals surface area contributed by atoms with Gasteiger partial charge < -0.3 is 10.0 Å². The Hall–Kier alpha value is -1.59. The number of aliphatic hydroxyl groups is 1. The van der Waals surface area contributed by atoms with Crippen LogP contribution >= 0.6 is 23.2 Å². The Balaban J connectivity index is 2.21. The first kappa shape index (κ1) is 22.7. The van der Waals surface area contributed by atoms with E-state index in [-0.39, 0.29) is 24.5 Å². The average molecular weight is 423 g/mol. The molecular formula is C22H28Cl2N2O2. The SMILES string of the molecule is C=C/C=C(\C=C/C)C(CN1CC[C@H](O)C1)N(C)C(=O)Cc1ccc(Cl)c(Cl)c1. The van der Waals surface area contributed by atoms with Gasteiger partial charge in [0, 0.05) is 26.7 Å². The van der Waals surface area contributed by atoms with Crippen LogP contribution < -0.4 is 0 Å². The molecule has 1 aromatic rings. The quantitative estimate of drug-likeness (QED) is 0.640. The summed E-state index contributed by atoms with van der Waals surface area (Å²) >= 11 is 12.1. The second-order valence-electron chi connectivity index (χ2n) is 7.05. The van der Waals surface area contributed by atoms with Crippen LogP contribution in [0.4, 0.5) is 0 Å². The Morgan fingerprint density at radius 1 is 1.43 bits per heavy atom. The molecule has 1 heterocycles. The number of likely N-dealkylation sites (tertiary alicyclic amines) is 1. The Kier molecular flexibility index (Phi) is 8.77. The molecule has 152 valence electrons. The number of halogens is 2. The minimum absolute atomic E-state index is 0.0115. The van der Waals surface area contributed by atoms with Crippen molar-refractivity contribution in [2.75, 3.05) is 26.7 Å². The summed E-state index contributed by atoms with van der Waals surface area (Å²) in [5.41, 5.74) is 1.82. The number of β-amino-alcohol motifs (C(OH)–C–C–N with tert-alkyl or cyclic N) is 1. The van der Waals surface area contributed by atoms with E-state index in [0.29, 0.717) is 23.1 Å². The van der Waals surface area contributed by atoms with Crippen LogP contribution in [0.15, 0.2) is 54.7 Å². The predicted molar refractivity (Wildman–Crippen MR) is 117 cm³/mol. The topological polar surface area (TPSA) is 43.8 Å².